The van der Waals surface area contributed by atoms with E-state index in [1.807, 2.05) is 51.1 Å². The Morgan fingerprint density at radius 3 is 2.46 bits per heavy atom. The summed E-state index contributed by atoms with van der Waals surface area (Å²) in [4.78, 5) is 12.2. The minimum Gasteiger partial charge on any atom is -0.491 e. The normalized spacial score (nSPS) is 14.1. The van der Waals surface area contributed by atoms with Gasteiger partial charge in [-0.3, -0.25) is 4.79 Å². The summed E-state index contributed by atoms with van der Waals surface area (Å²) in [5.74, 6) is 0.836. The summed E-state index contributed by atoms with van der Waals surface area (Å²) in [6.07, 6.45) is -0.411. The molecule has 2 rings (SSSR count). The minimum atomic E-state index is -0.608. The quantitative estimate of drug-likeness (QED) is 0.405. The van der Waals surface area contributed by atoms with Gasteiger partial charge in [0.25, 0.3) is 0 Å². The van der Waals surface area contributed by atoms with Crippen molar-refractivity contribution in [2.24, 2.45) is 5.41 Å². The van der Waals surface area contributed by atoms with Crippen LogP contribution in [-0.2, 0) is 14.3 Å². The Labute approximate surface area is 159 Å². The number of carbonyl (C=O) groups excluding carboxylic acids is 1. The van der Waals surface area contributed by atoms with Crippen molar-refractivity contribution >= 4 is 28.3 Å². The van der Waals surface area contributed by atoms with E-state index in [0.717, 1.165) is 10.8 Å². The van der Waals surface area contributed by atoms with Crippen LogP contribution < -0.4 is 9.47 Å². The van der Waals surface area contributed by atoms with E-state index in [2.05, 4.69) is 0 Å². The largest absolute Gasteiger partial charge is 0.491 e. The summed E-state index contributed by atoms with van der Waals surface area (Å²) in [5, 5.41) is 1.75. The van der Waals surface area contributed by atoms with Crippen LogP contribution in [0.1, 0.15) is 20.8 Å². The molecule has 2 unspecified atom stereocenters. The summed E-state index contributed by atoms with van der Waals surface area (Å²) in [5.41, 5.74) is -1.19. The number of rotatable bonds is 7. The smallest absolute Gasteiger partial charge is 0.316 e. The predicted octanol–water partition coefficient (Wildman–Crippen LogP) is 4.40. The molecule has 0 aliphatic rings. The van der Waals surface area contributed by atoms with Gasteiger partial charge in [-0.1, -0.05) is 29.8 Å². The van der Waals surface area contributed by atoms with Crippen molar-refractivity contribution in [3.8, 4) is 11.5 Å². The first-order valence-electron chi connectivity index (χ1n) is 8.33. The molecule has 0 bridgehead atoms. The second kappa shape index (κ2) is 8.71. The van der Waals surface area contributed by atoms with Crippen molar-refractivity contribution in [3.63, 3.8) is 0 Å². The van der Waals surface area contributed by atoms with Crippen molar-refractivity contribution in [2.45, 2.75) is 32.4 Å². The highest BCUT2D eigenvalue weighted by Crippen LogP contribution is 2.31. The fourth-order valence-corrected chi connectivity index (χ4v) is 2.41. The van der Waals surface area contributed by atoms with Crippen LogP contribution in [-0.4, -0.2) is 38.5 Å². The van der Waals surface area contributed by atoms with Gasteiger partial charge in [0.05, 0.1) is 5.41 Å². The number of methoxy groups -OCH3 is 2. The second-order valence-corrected chi connectivity index (χ2v) is 7.38. The van der Waals surface area contributed by atoms with E-state index in [0.29, 0.717) is 11.5 Å². The SMILES string of the molecule is COC(Cl)C(COc1ccc2cccc(OC(=O)C(C)(C)C)c2c1)OC. The molecule has 2 aromatic rings. The van der Waals surface area contributed by atoms with Gasteiger partial charge in [0.1, 0.15) is 24.2 Å². The number of alkyl halides is 1. The number of benzene rings is 2. The third-order valence-electron chi connectivity index (χ3n) is 3.86. The van der Waals surface area contributed by atoms with Gasteiger partial charge in [-0.05, 0) is 44.4 Å². The Morgan fingerprint density at radius 2 is 1.85 bits per heavy atom. The molecule has 142 valence electrons. The number of fused-ring (bicyclic) bond motifs is 1. The maximum absolute atomic E-state index is 12.2. The van der Waals surface area contributed by atoms with Crippen LogP contribution in [0.5, 0.6) is 11.5 Å². The fraction of sp³-hybridized carbons (Fsp3) is 0.450. The number of halogens is 1. The predicted molar refractivity (Wildman–Crippen MR) is 102 cm³/mol. The number of esters is 1. The maximum atomic E-state index is 12.2. The lowest BCUT2D eigenvalue weighted by molar-refractivity contribution is -0.142. The molecule has 0 saturated carbocycles. The Bertz CT molecular complexity index is 753. The highest BCUT2D eigenvalue weighted by Gasteiger charge is 2.24. The highest BCUT2D eigenvalue weighted by atomic mass is 35.5. The van der Waals surface area contributed by atoms with Crippen LogP contribution in [0.15, 0.2) is 36.4 Å². The Morgan fingerprint density at radius 1 is 1.12 bits per heavy atom. The molecule has 0 fully saturated rings. The summed E-state index contributed by atoms with van der Waals surface area (Å²) >= 11 is 6.03. The van der Waals surface area contributed by atoms with Crippen molar-refractivity contribution in [1.29, 1.82) is 0 Å². The topological polar surface area (TPSA) is 54.0 Å². The first-order chi connectivity index (χ1) is 12.3. The Hall–Kier alpha value is -1.82. The molecule has 2 atom stereocenters. The number of hydrogen-bond acceptors (Lipinski definition) is 5. The van der Waals surface area contributed by atoms with E-state index in [-0.39, 0.29) is 12.6 Å². The van der Waals surface area contributed by atoms with E-state index in [1.165, 1.54) is 7.11 Å². The molecule has 0 N–H and O–H groups in total. The van der Waals surface area contributed by atoms with Gasteiger partial charge in [0.15, 0.2) is 5.56 Å². The summed E-state index contributed by atoms with van der Waals surface area (Å²) in [7, 11) is 3.06. The molecule has 0 saturated heterocycles. The molecule has 0 aromatic heterocycles. The summed E-state index contributed by atoms with van der Waals surface area (Å²) in [6, 6.07) is 11.2. The molecule has 26 heavy (non-hydrogen) atoms. The van der Waals surface area contributed by atoms with Crippen LogP contribution in [0.2, 0.25) is 0 Å². The van der Waals surface area contributed by atoms with Gasteiger partial charge in [0, 0.05) is 19.6 Å². The number of ether oxygens (including phenoxy) is 4. The van der Waals surface area contributed by atoms with Gasteiger partial charge in [-0.15, -0.1) is 0 Å². The maximum Gasteiger partial charge on any atom is 0.316 e. The average Bonchev–Trinajstić information content (AvgIpc) is 2.61. The first-order valence-corrected chi connectivity index (χ1v) is 8.77. The van der Waals surface area contributed by atoms with Crippen molar-refractivity contribution < 1.29 is 23.7 Å². The van der Waals surface area contributed by atoms with Gasteiger partial charge >= 0.3 is 5.97 Å². The van der Waals surface area contributed by atoms with Gasteiger partial charge in [0.2, 0.25) is 0 Å². The summed E-state index contributed by atoms with van der Waals surface area (Å²) in [6.45, 7) is 5.68. The first kappa shape index (κ1) is 20.5. The lowest BCUT2D eigenvalue weighted by atomic mass is 9.97. The molecule has 0 aliphatic carbocycles. The molecule has 5 nitrogen and oxygen atoms in total. The van der Waals surface area contributed by atoms with Crippen LogP contribution >= 0.6 is 11.6 Å². The zero-order valence-electron chi connectivity index (χ0n) is 15.7. The zero-order chi connectivity index (χ0) is 19.3. The van der Waals surface area contributed by atoms with Crippen LogP contribution in [0.25, 0.3) is 10.8 Å². The van der Waals surface area contributed by atoms with Crippen LogP contribution in [0.4, 0.5) is 0 Å². The number of carbonyl (C=O) groups is 1. The third-order valence-corrected chi connectivity index (χ3v) is 4.32. The number of hydrogen-bond donors (Lipinski definition) is 0. The Kier molecular flexibility index (Phi) is 6.87. The van der Waals surface area contributed by atoms with E-state index in [4.69, 9.17) is 30.5 Å². The Balaban J connectivity index is 2.23. The molecular formula is C20H25ClO5. The summed E-state index contributed by atoms with van der Waals surface area (Å²) < 4.78 is 21.7. The molecule has 0 heterocycles. The fourth-order valence-electron chi connectivity index (χ4n) is 2.24. The van der Waals surface area contributed by atoms with Crippen LogP contribution in [0, 0.1) is 5.41 Å². The molecule has 6 heteroatoms. The third kappa shape index (κ3) is 5.10. The monoisotopic (exact) mass is 380 g/mol. The molecular weight excluding hydrogens is 356 g/mol. The lowest BCUT2D eigenvalue weighted by Gasteiger charge is -2.20. The zero-order valence-corrected chi connectivity index (χ0v) is 16.5. The molecule has 0 amide bonds. The lowest BCUT2D eigenvalue weighted by Crippen LogP contribution is -2.31. The molecule has 2 aromatic carbocycles. The van der Waals surface area contributed by atoms with Crippen molar-refractivity contribution in [2.75, 3.05) is 20.8 Å². The van der Waals surface area contributed by atoms with Crippen molar-refractivity contribution in [3.05, 3.63) is 36.4 Å². The van der Waals surface area contributed by atoms with E-state index >= 15 is 0 Å². The van der Waals surface area contributed by atoms with Crippen LogP contribution in [0.3, 0.4) is 0 Å². The highest BCUT2D eigenvalue weighted by molar-refractivity contribution is 6.20. The van der Waals surface area contributed by atoms with E-state index in [1.54, 1.807) is 13.2 Å². The van der Waals surface area contributed by atoms with Gasteiger partial charge < -0.3 is 18.9 Å². The van der Waals surface area contributed by atoms with Crippen molar-refractivity contribution in [1.82, 2.24) is 0 Å². The van der Waals surface area contributed by atoms with Gasteiger partial charge in [-0.2, -0.15) is 0 Å². The standard InChI is InChI=1S/C20H25ClO5/c1-20(2,3)19(22)26-16-8-6-7-13-9-10-14(11-15(13)16)25-12-17(23-4)18(21)24-5/h6-11,17-18H,12H2,1-5H3. The second-order valence-electron chi connectivity index (χ2n) is 6.95. The minimum absolute atomic E-state index is 0.230. The van der Waals surface area contributed by atoms with E-state index < -0.39 is 17.1 Å². The molecule has 0 aliphatic heterocycles. The average molecular weight is 381 g/mol. The molecule has 0 spiro atoms. The van der Waals surface area contributed by atoms with E-state index in [9.17, 15) is 4.79 Å². The molecule has 0 radical (unpaired) electrons. The van der Waals surface area contributed by atoms with Gasteiger partial charge in [-0.25, -0.2) is 0 Å².